The van der Waals surface area contributed by atoms with Gasteiger partial charge in [0, 0.05) is 11.9 Å². The molecule has 10 nitrogen and oxygen atoms in total. The fourth-order valence-electron chi connectivity index (χ4n) is 5.14. The summed E-state index contributed by atoms with van der Waals surface area (Å²) in [6.45, 7) is 6.35. The molecule has 2 aliphatic rings. The second-order valence-electron chi connectivity index (χ2n) is 10.3. The Labute approximate surface area is 243 Å². The summed E-state index contributed by atoms with van der Waals surface area (Å²) in [5, 5.41) is 1.18. The molecule has 42 heavy (non-hydrogen) atoms. The summed E-state index contributed by atoms with van der Waals surface area (Å²) in [5.41, 5.74) is 1.96. The molecule has 2 saturated heterocycles. The highest BCUT2D eigenvalue weighted by Crippen LogP contribution is 2.49. The third-order valence-corrected chi connectivity index (χ3v) is 10.0. The minimum absolute atomic E-state index is 0.0224. The molecule has 0 spiro atoms. The zero-order valence-electron chi connectivity index (χ0n) is 23.0. The van der Waals surface area contributed by atoms with Crippen molar-refractivity contribution in [3.63, 3.8) is 0 Å². The molecule has 3 heterocycles. The van der Waals surface area contributed by atoms with Crippen molar-refractivity contribution in [1.29, 1.82) is 0 Å². The third-order valence-electron chi connectivity index (χ3n) is 7.29. The van der Waals surface area contributed by atoms with E-state index < -0.39 is 50.1 Å². The number of pyridine rings is 1. The Kier molecular flexibility index (Phi) is 7.70. The Morgan fingerprint density at radius 3 is 2.29 bits per heavy atom. The van der Waals surface area contributed by atoms with Crippen molar-refractivity contribution in [2.24, 2.45) is 0 Å². The topological polar surface area (TPSA) is 132 Å². The van der Waals surface area contributed by atoms with E-state index in [1.807, 2.05) is 60.7 Å². The van der Waals surface area contributed by atoms with Gasteiger partial charge >= 0.3 is 12.1 Å². The highest BCUT2D eigenvalue weighted by atomic mass is 32.2. The second kappa shape index (κ2) is 11.2. The van der Waals surface area contributed by atoms with Gasteiger partial charge in [-0.25, -0.2) is 18.0 Å². The summed E-state index contributed by atoms with van der Waals surface area (Å²) >= 11 is 0. The minimum Gasteiger partial charge on any atom is -0.451 e. The van der Waals surface area contributed by atoms with E-state index in [4.69, 9.17) is 9.47 Å². The number of hydrogen-bond donors (Lipinski definition) is 1. The predicted octanol–water partition coefficient (Wildman–Crippen LogP) is 4.28. The number of nitrogens with zero attached hydrogens (tertiary/aromatic N) is 2. The van der Waals surface area contributed by atoms with Crippen molar-refractivity contribution < 1.29 is 32.3 Å². The molecule has 0 bridgehead atoms. The van der Waals surface area contributed by atoms with E-state index in [-0.39, 0.29) is 17.9 Å². The largest absolute Gasteiger partial charge is 0.451 e. The van der Waals surface area contributed by atoms with Crippen LogP contribution < -0.4 is 5.32 Å². The molecule has 0 aliphatic carbocycles. The maximum atomic E-state index is 13.8. The standard InChI is InChI=1S/C31H29N3O7S/c1-4-17-40-30(37)33-22-15-16-32-23(18-22)19-24-27(35)34-26(31(2,3)42(38,39)28(24)34)29(36)41-25(20-11-7-5-8-12-20)21-13-9-6-10-14-21/h4-16,18-19,25-26,28H,1,17H2,2-3H3,(H,32,33,37)/b24-19-/t26-,28+/m0/s1. The van der Waals surface area contributed by atoms with Crippen LogP contribution in [-0.2, 0) is 28.9 Å². The summed E-state index contributed by atoms with van der Waals surface area (Å²) < 4.78 is 36.7. The average Bonchev–Trinajstić information content (AvgIpc) is 3.13. The highest BCUT2D eigenvalue weighted by molar-refractivity contribution is 7.94. The Hall–Kier alpha value is -4.77. The Balaban J connectivity index is 1.43. The summed E-state index contributed by atoms with van der Waals surface area (Å²) in [4.78, 5) is 44.3. The lowest BCUT2D eigenvalue weighted by molar-refractivity contribution is -0.160. The van der Waals surface area contributed by atoms with Gasteiger partial charge in [-0.15, -0.1) is 0 Å². The van der Waals surface area contributed by atoms with Crippen molar-refractivity contribution in [1.82, 2.24) is 9.88 Å². The van der Waals surface area contributed by atoms with Crippen LogP contribution >= 0.6 is 0 Å². The van der Waals surface area contributed by atoms with Gasteiger partial charge in [0.05, 0.1) is 11.3 Å². The number of esters is 1. The smallest absolute Gasteiger partial charge is 0.411 e. The van der Waals surface area contributed by atoms with Crippen LogP contribution in [0.2, 0.25) is 0 Å². The van der Waals surface area contributed by atoms with Gasteiger partial charge in [-0.1, -0.05) is 73.3 Å². The van der Waals surface area contributed by atoms with E-state index in [1.54, 1.807) is 0 Å². The van der Waals surface area contributed by atoms with Crippen LogP contribution in [0.3, 0.4) is 0 Å². The van der Waals surface area contributed by atoms with E-state index in [9.17, 15) is 22.8 Å². The number of aromatic nitrogens is 1. The van der Waals surface area contributed by atoms with Crippen molar-refractivity contribution >= 4 is 39.6 Å². The molecule has 2 atom stereocenters. The molecule has 0 radical (unpaired) electrons. The van der Waals surface area contributed by atoms with Crippen LogP contribution in [0.5, 0.6) is 0 Å². The van der Waals surface area contributed by atoms with Crippen molar-refractivity contribution in [3.8, 4) is 0 Å². The Morgan fingerprint density at radius 2 is 1.69 bits per heavy atom. The number of anilines is 1. The number of sulfone groups is 1. The number of hydrogen-bond acceptors (Lipinski definition) is 8. The maximum Gasteiger partial charge on any atom is 0.411 e. The van der Waals surface area contributed by atoms with Gasteiger partial charge in [-0.3, -0.25) is 15.1 Å². The normalized spacial score (nSPS) is 20.9. The molecule has 2 fully saturated rings. The third kappa shape index (κ3) is 5.07. The van der Waals surface area contributed by atoms with Crippen LogP contribution in [0.4, 0.5) is 10.5 Å². The Morgan fingerprint density at radius 1 is 1.07 bits per heavy atom. The van der Waals surface area contributed by atoms with E-state index >= 15 is 0 Å². The van der Waals surface area contributed by atoms with Crippen LogP contribution in [-0.4, -0.2) is 59.0 Å². The fourth-order valence-corrected chi connectivity index (χ4v) is 7.26. The SMILES string of the molecule is C=CCOC(=O)Nc1ccnc(/C=C2/C(=O)N3[C@@H](C(=O)OC(c4ccccc4)c4ccccc4)C(C)(C)S(=O)(=O)[C@H]23)c1. The number of fused-ring (bicyclic) bond motifs is 1. The lowest BCUT2D eigenvalue weighted by Gasteiger charge is -2.38. The number of ether oxygens (including phenoxy) is 2. The molecule has 1 N–H and O–H groups in total. The zero-order chi connectivity index (χ0) is 30.1. The first-order valence-corrected chi connectivity index (χ1v) is 14.7. The number of nitrogens with one attached hydrogen (secondary N) is 1. The van der Waals surface area contributed by atoms with Gasteiger partial charge in [0.1, 0.15) is 11.4 Å². The van der Waals surface area contributed by atoms with Gasteiger partial charge in [0.2, 0.25) is 0 Å². The van der Waals surface area contributed by atoms with Crippen molar-refractivity contribution in [3.05, 3.63) is 114 Å². The van der Waals surface area contributed by atoms with E-state index in [0.717, 1.165) is 4.90 Å². The molecular formula is C31H29N3O7S. The number of carbonyl (C=O) groups excluding carboxylic acids is 3. The van der Waals surface area contributed by atoms with Gasteiger partial charge < -0.3 is 14.4 Å². The van der Waals surface area contributed by atoms with E-state index in [1.165, 1.54) is 44.3 Å². The first kappa shape index (κ1) is 28.7. The van der Waals surface area contributed by atoms with Crippen molar-refractivity contribution in [2.75, 3.05) is 11.9 Å². The van der Waals surface area contributed by atoms with Crippen molar-refractivity contribution in [2.45, 2.75) is 36.1 Å². The number of rotatable bonds is 8. The number of carbonyl (C=O) groups is 3. The van der Waals surface area contributed by atoms with Gasteiger partial charge in [-0.2, -0.15) is 0 Å². The van der Waals surface area contributed by atoms with Gasteiger partial charge in [0.25, 0.3) is 5.91 Å². The van der Waals surface area contributed by atoms with Gasteiger partial charge in [-0.05, 0) is 43.2 Å². The number of β-lactam (4-membered cyclic amide) rings is 1. The summed E-state index contributed by atoms with van der Waals surface area (Å²) in [7, 11) is -4.06. The molecular weight excluding hydrogens is 558 g/mol. The van der Waals surface area contributed by atoms with Crippen LogP contribution in [0.15, 0.2) is 97.2 Å². The van der Waals surface area contributed by atoms with Crippen LogP contribution in [0.25, 0.3) is 6.08 Å². The molecule has 0 saturated carbocycles. The molecule has 5 rings (SSSR count). The van der Waals surface area contributed by atoms with Gasteiger partial charge in [0.15, 0.2) is 27.4 Å². The van der Waals surface area contributed by atoms with Crippen LogP contribution in [0.1, 0.15) is 36.8 Å². The summed E-state index contributed by atoms with van der Waals surface area (Å²) in [6.07, 6.45) is 2.66. The molecule has 2 aliphatic heterocycles. The molecule has 216 valence electrons. The molecule has 2 aromatic carbocycles. The Bertz CT molecular complexity index is 1630. The number of amides is 2. The second-order valence-corrected chi connectivity index (χ2v) is 12.9. The highest BCUT2D eigenvalue weighted by Gasteiger charge is 2.70. The quantitative estimate of drug-likeness (QED) is 0.179. The average molecular weight is 588 g/mol. The van der Waals surface area contributed by atoms with E-state index in [2.05, 4.69) is 16.9 Å². The predicted molar refractivity (Wildman–Crippen MR) is 156 cm³/mol. The monoisotopic (exact) mass is 587 g/mol. The fraction of sp³-hybridized carbons (Fsp3) is 0.226. The molecule has 0 unspecified atom stereocenters. The maximum absolute atomic E-state index is 13.8. The molecule has 11 heteroatoms. The molecule has 2 amide bonds. The number of benzene rings is 2. The first-order valence-electron chi connectivity index (χ1n) is 13.1. The van der Waals surface area contributed by atoms with E-state index in [0.29, 0.717) is 16.8 Å². The minimum atomic E-state index is -4.06. The summed E-state index contributed by atoms with van der Waals surface area (Å²) in [5.74, 6) is -1.43. The molecule has 3 aromatic rings. The molecule has 1 aromatic heterocycles. The first-order chi connectivity index (χ1) is 20.1. The summed E-state index contributed by atoms with van der Waals surface area (Å²) in [6, 6.07) is 19.8. The van der Waals surface area contributed by atoms with Crippen LogP contribution in [0, 0.1) is 0 Å². The lowest BCUT2D eigenvalue weighted by Crippen LogP contribution is -2.59. The lowest BCUT2D eigenvalue weighted by atomic mass is 9.94. The zero-order valence-corrected chi connectivity index (χ0v) is 23.8.